The van der Waals surface area contributed by atoms with Crippen LogP contribution in [0.5, 0.6) is 0 Å². The number of carbonyl (C=O) groups is 5. The number of hydrazone groups is 2. The Labute approximate surface area is 297 Å². The minimum atomic E-state index is -0.737. The molecule has 50 heavy (non-hydrogen) atoms. The number of aliphatic carboxylic acids is 1. The summed E-state index contributed by atoms with van der Waals surface area (Å²) >= 11 is 0. The number of nitrogens with one attached hydrogen (secondary N) is 6. The van der Waals surface area contributed by atoms with E-state index in [1.165, 1.54) is 19.5 Å². The molecule has 0 aromatic rings. The number of amides is 6. The number of nitrogens with zero attached hydrogens (tertiary/aromatic N) is 2. The second-order valence-corrected chi connectivity index (χ2v) is 13.3. The number of carboxylic acid groups (broad SMARTS) is 1. The van der Waals surface area contributed by atoms with Crippen molar-refractivity contribution in [2.24, 2.45) is 45.3 Å². The maximum Gasteiger partial charge on any atom is 0.408 e. The van der Waals surface area contributed by atoms with E-state index in [1.807, 2.05) is 13.8 Å². The Hall–Kier alpha value is -3.99. The van der Waals surface area contributed by atoms with Gasteiger partial charge in [-0.15, -0.1) is 0 Å². The van der Waals surface area contributed by atoms with Crippen LogP contribution >= 0.6 is 0 Å². The monoisotopic (exact) mass is 712 g/mol. The minimum absolute atomic E-state index is 0.125. The molecule has 2 rings (SSSR count). The van der Waals surface area contributed by atoms with Crippen molar-refractivity contribution in [3.05, 3.63) is 0 Å². The molecule has 0 unspecified atom stereocenters. The fraction of sp³-hybridized carbons (Fsp3) is 0.788. The van der Waals surface area contributed by atoms with Crippen LogP contribution in [0.15, 0.2) is 10.2 Å². The van der Waals surface area contributed by atoms with E-state index in [1.54, 1.807) is 27.8 Å². The van der Waals surface area contributed by atoms with Crippen molar-refractivity contribution < 1.29 is 33.8 Å². The van der Waals surface area contributed by atoms with E-state index in [4.69, 9.17) is 15.6 Å². The number of nitrogens with two attached hydrogens (primary N) is 2. The zero-order valence-electron chi connectivity index (χ0n) is 31.0. The first kappa shape index (κ1) is 46.0. The standard InChI is InChI=1S/C18H32N4O5.C14H27N5O2.CH5N/c1-5-14(21-17(26)27-18(2,3)4)11-20-22-16(25)19-10-12-6-8-13(9-7-12)15(23)24;1-3-12(15)9-18-19-14(21)17-8-10-4-6-11(7-5-10)13(20)16-2;1-2/h11-14H,5-10H2,1-4H3,(H,21,26)(H,23,24)(H2,19,22,25);9-12H,3-8,15H2,1-2H3,(H,16,20)(H2,17,19,21);2H2,1H3/b20-11+;18-9+;/t12?,13?,14-;10?,11?,12-;/m00./s1. The van der Waals surface area contributed by atoms with Gasteiger partial charge in [0.15, 0.2) is 0 Å². The van der Waals surface area contributed by atoms with Crippen molar-refractivity contribution in [3.8, 4) is 0 Å². The molecule has 0 saturated heterocycles. The number of urea groups is 2. The predicted molar refractivity (Wildman–Crippen MR) is 194 cm³/mol. The zero-order chi connectivity index (χ0) is 38.1. The van der Waals surface area contributed by atoms with Gasteiger partial charge >= 0.3 is 24.1 Å². The number of carboxylic acids is 1. The van der Waals surface area contributed by atoms with Crippen LogP contribution in [0.3, 0.4) is 0 Å². The lowest BCUT2D eigenvalue weighted by atomic mass is 9.81. The Morgan fingerprint density at radius 1 is 0.800 bits per heavy atom. The summed E-state index contributed by atoms with van der Waals surface area (Å²) < 4.78 is 5.18. The van der Waals surface area contributed by atoms with E-state index in [2.05, 4.69) is 48.1 Å². The molecule has 0 bridgehead atoms. The van der Waals surface area contributed by atoms with Crippen LogP contribution in [0.4, 0.5) is 14.4 Å². The van der Waals surface area contributed by atoms with Gasteiger partial charge in [-0.05, 0) is 104 Å². The Bertz CT molecular complexity index is 1070. The molecule has 0 radical (unpaired) electrons. The summed E-state index contributed by atoms with van der Waals surface area (Å²) in [6, 6.07) is -1.24. The molecule has 17 nitrogen and oxygen atoms in total. The first-order chi connectivity index (χ1) is 23.7. The maximum atomic E-state index is 11.8. The van der Waals surface area contributed by atoms with Crippen LogP contribution < -0.4 is 43.6 Å². The number of hydrogen-bond acceptors (Lipinski definition) is 10. The van der Waals surface area contributed by atoms with Crippen LogP contribution in [-0.2, 0) is 14.3 Å². The average Bonchev–Trinajstić information content (AvgIpc) is 3.09. The van der Waals surface area contributed by atoms with E-state index in [0.717, 1.165) is 44.9 Å². The third-order valence-corrected chi connectivity index (χ3v) is 8.23. The van der Waals surface area contributed by atoms with Crippen molar-refractivity contribution in [1.29, 1.82) is 0 Å². The second-order valence-electron chi connectivity index (χ2n) is 13.3. The summed E-state index contributed by atoms with van der Waals surface area (Å²) in [5.41, 5.74) is 14.3. The second kappa shape index (κ2) is 25.9. The molecular formula is C33H64N10O7. The van der Waals surface area contributed by atoms with Gasteiger partial charge in [-0.2, -0.15) is 10.2 Å². The highest BCUT2D eigenvalue weighted by Crippen LogP contribution is 2.29. The fourth-order valence-corrected chi connectivity index (χ4v) is 5.19. The topological polar surface area (TPSA) is 264 Å². The van der Waals surface area contributed by atoms with Gasteiger partial charge in [0.1, 0.15) is 5.60 Å². The Balaban J connectivity index is 0.000000940. The quantitative estimate of drug-likeness (QED) is 0.100. The molecule has 11 N–H and O–H groups in total. The van der Waals surface area contributed by atoms with Crippen molar-refractivity contribution in [3.63, 3.8) is 0 Å². The number of carbonyl (C=O) groups excluding carboxylic acids is 4. The van der Waals surface area contributed by atoms with Gasteiger partial charge in [0.05, 0.1) is 12.0 Å². The summed E-state index contributed by atoms with van der Waals surface area (Å²) in [6.45, 7) is 10.3. The normalized spacial score (nSPS) is 21.5. The Morgan fingerprint density at radius 2 is 1.26 bits per heavy atom. The third kappa shape index (κ3) is 21.9. The van der Waals surface area contributed by atoms with E-state index >= 15 is 0 Å². The largest absolute Gasteiger partial charge is 0.481 e. The summed E-state index contributed by atoms with van der Waals surface area (Å²) in [4.78, 5) is 57.5. The molecule has 2 aliphatic rings. The number of hydrogen-bond donors (Lipinski definition) is 9. The molecule has 2 atom stereocenters. The number of alkyl carbamates (subject to hydrolysis) is 1. The maximum absolute atomic E-state index is 11.8. The van der Waals surface area contributed by atoms with Crippen molar-refractivity contribution in [2.75, 3.05) is 27.2 Å². The molecule has 0 aromatic heterocycles. The highest BCUT2D eigenvalue weighted by molar-refractivity contribution is 5.79. The van der Waals surface area contributed by atoms with Crippen molar-refractivity contribution in [1.82, 2.24) is 32.1 Å². The SMILES string of the molecule is CC[C@@H](/C=N/NC(=O)NCC1CCC(C(=O)O)CC1)NC(=O)OC(C)(C)C.CC[C@H](N)/C=N/NC(=O)NCC1CCC(C(=O)NC)CC1.CN. The lowest BCUT2D eigenvalue weighted by molar-refractivity contribution is -0.143. The van der Waals surface area contributed by atoms with Gasteiger partial charge in [0.25, 0.3) is 0 Å². The first-order valence-electron chi connectivity index (χ1n) is 17.6. The van der Waals surface area contributed by atoms with E-state index in [-0.39, 0.29) is 41.8 Å². The van der Waals surface area contributed by atoms with Crippen LogP contribution in [0, 0.1) is 23.7 Å². The zero-order valence-corrected chi connectivity index (χ0v) is 31.0. The molecule has 0 aromatic carbocycles. The van der Waals surface area contributed by atoms with E-state index in [0.29, 0.717) is 38.3 Å². The smallest absolute Gasteiger partial charge is 0.408 e. The van der Waals surface area contributed by atoms with Gasteiger partial charge in [-0.3, -0.25) is 9.59 Å². The minimum Gasteiger partial charge on any atom is -0.481 e. The van der Waals surface area contributed by atoms with Crippen molar-refractivity contribution >= 4 is 42.5 Å². The lowest BCUT2D eigenvalue weighted by Crippen LogP contribution is -2.41. The van der Waals surface area contributed by atoms with Crippen LogP contribution in [0.25, 0.3) is 0 Å². The molecular weight excluding hydrogens is 648 g/mol. The summed E-state index contributed by atoms with van der Waals surface area (Å²) in [7, 11) is 3.17. The summed E-state index contributed by atoms with van der Waals surface area (Å²) in [6.07, 6.45) is 10.4. The number of ether oxygens (including phenoxy) is 1. The summed E-state index contributed by atoms with van der Waals surface area (Å²) in [5, 5.41) is 27.5. The van der Waals surface area contributed by atoms with Gasteiger partial charge in [0, 0.05) is 44.5 Å². The van der Waals surface area contributed by atoms with Crippen LogP contribution in [-0.4, -0.2) is 92.4 Å². The van der Waals surface area contributed by atoms with E-state index < -0.39 is 23.7 Å². The fourth-order valence-electron chi connectivity index (χ4n) is 5.19. The Kier molecular flexibility index (Phi) is 23.8. The van der Waals surface area contributed by atoms with Gasteiger partial charge < -0.3 is 42.6 Å². The van der Waals surface area contributed by atoms with Crippen molar-refractivity contribution in [2.45, 2.75) is 117 Å². The molecule has 0 spiro atoms. The average molecular weight is 713 g/mol. The van der Waals surface area contributed by atoms with Gasteiger partial charge in [-0.25, -0.2) is 25.2 Å². The predicted octanol–water partition coefficient (Wildman–Crippen LogP) is 2.60. The summed E-state index contributed by atoms with van der Waals surface area (Å²) in [5.74, 6) is -0.0332. The highest BCUT2D eigenvalue weighted by atomic mass is 16.6. The van der Waals surface area contributed by atoms with Crippen LogP contribution in [0.2, 0.25) is 0 Å². The van der Waals surface area contributed by atoms with Gasteiger partial charge in [0.2, 0.25) is 5.91 Å². The number of rotatable bonds is 13. The van der Waals surface area contributed by atoms with E-state index in [9.17, 15) is 24.0 Å². The molecule has 2 fully saturated rings. The molecule has 2 saturated carbocycles. The molecule has 0 heterocycles. The molecule has 6 amide bonds. The Morgan fingerprint density at radius 3 is 1.66 bits per heavy atom. The molecule has 17 heteroatoms. The highest BCUT2D eigenvalue weighted by Gasteiger charge is 2.27. The van der Waals surface area contributed by atoms with Crippen LogP contribution in [0.1, 0.15) is 98.8 Å². The van der Waals surface area contributed by atoms with Gasteiger partial charge in [-0.1, -0.05) is 13.8 Å². The third-order valence-electron chi connectivity index (χ3n) is 8.23. The first-order valence-corrected chi connectivity index (χ1v) is 17.6. The molecule has 0 aliphatic heterocycles. The molecule has 2 aliphatic carbocycles. The molecule has 288 valence electrons. The lowest BCUT2D eigenvalue weighted by Gasteiger charge is -2.27.